The van der Waals surface area contributed by atoms with Crippen LogP contribution >= 0.6 is 0 Å². The molecule has 0 aliphatic heterocycles. The molecule has 0 amide bonds. The van der Waals surface area contributed by atoms with Gasteiger partial charge in [0.25, 0.3) is 5.92 Å². The average molecular weight is 332 g/mol. The summed E-state index contributed by atoms with van der Waals surface area (Å²) < 4.78 is 33.7. The maximum atomic E-state index is 14.3. The molecule has 5 nitrogen and oxygen atoms in total. The molecule has 2 atom stereocenters. The molecule has 4 saturated carbocycles. The van der Waals surface area contributed by atoms with E-state index in [1.165, 1.54) is 6.20 Å². The number of carbonyl (C=O) groups is 2. The molecular weight excluding hydrogens is 318 g/mol. The van der Waals surface area contributed by atoms with Gasteiger partial charge in [0.1, 0.15) is 11.1 Å². The van der Waals surface area contributed by atoms with Crippen molar-refractivity contribution in [3.05, 3.63) is 30.1 Å². The Morgan fingerprint density at radius 2 is 2.08 bits per heavy atom. The van der Waals surface area contributed by atoms with Crippen molar-refractivity contribution in [1.82, 2.24) is 9.97 Å². The summed E-state index contributed by atoms with van der Waals surface area (Å²) in [5, 5.41) is 0.620. The highest BCUT2D eigenvalue weighted by Crippen LogP contribution is 2.84. The first-order valence-electron chi connectivity index (χ1n) is 7.98. The van der Waals surface area contributed by atoms with Gasteiger partial charge in [-0.3, -0.25) is 9.59 Å². The third-order valence-corrected chi connectivity index (χ3v) is 6.11. The summed E-state index contributed by atoms with van der Waals surface area (Å²) >= 11 is 0. The number of hydrogen-bond acceptors (Lipinski definition) is 4. The monoisotopic (exact) mass is 332 g/mol. The molecule has 4 bridgehead atoms. The summed E-state index contributed by atoms with van der Waals surface area (Å²) in [7, 11) is 0. The Hall–Kier alpha value is -2.31. The second-order valence-electron chi connectivity index (χ2n) is 6.97. The standard InChI is InChI=1S/C17H14F2N2O3/c18-17(19)8-4-11-12(5-8)16(11,17)15(23)24-7-13(22)10-6-21-14-9(10)2-1-3-20-14/h1-3,6,8,11-12H,4-5,7H2,(H,20,21). The second-order valence-corrected chi connectivity index (χ2v) is 6.97. The summed E-state index contributed by atoms with van der Waals surface area (Å²) in [5.41, 5.74) is -0.755. The van der Waals surface area contributed by atoms with Crippen molar-refractivity contribution >= 4 is 22.8 Å². The van der Waals surface area contributed by atoms with Gasteiger partial charge in [0, 0.05) is 29.3 Å². The molecule has 4 aliphatic rings. The van der Waals surface area contributed by atoms with Crippen LogP contribution in [0.15, 0.2) is 24.5 Å². The van der Waals surface area contributed by atoms with Crippen LogP contribution in [-0.4, -0.2) is 34.2 Å². The molecule has 4 fully saturated rings. The zero-order chi connectivity index (χ0) is 16.7. The first-order valence-corrected chi connectivity index (χ1v) is 7.98. The molecule has 7 heteroatoms. The number of alkyl halides is 2. The van der Waals surface area contributed by atoms with Gasteiger partial charge in [0.05, 0.1) is 0 Å². The van der Waals surface area contributed by atoms with E-state index in [1.54, 1.807) is 18.3 Å². The first kappa shape index (κ1) is 14.1. The number of H-pyrrole nitrogens is 1. The number of aromatic amines is 1. The van der Waals surface area contributed by atoms with Crippen LogP contribution in [0.4, 0.5) is 8.78 Å². The average Bonchev–Trinajstić information content (AvgIpc) is 2.99. The molecule has 4 aliphatic carbocycles. The molecule has 24 heavy (non-hydrogen) atoms. The molecule has 2 heterocycles. The fraction of sp³-hybridized carbons (Fsp3) is 0.471. The topological polar surface area (TPSA) is 72.1 Å². The predicted molar refractivity (Wildman–Crippen MR) is 78.5 cm³/mol. The quantitative estimate of drug-likeness (QED) is 0.690. The zero-order valence-corrected chi connectivity index (χ0v) is 12.6. The largest absolute Gasteiger partial charge is 0.457 e. The number of nitrogens with zero attached hydrogens (tertiary/aromatic N) is 1. The highest BCUT2D eigenvalue weighted by atomic mass is 19.3. The molecule has 2 aromatic rings. The fourth-order valence-electron chi connectivity index (χ4n) is 5.03. The third-order valence-electron chi connectivity index (χ3n) is 6.11. The lowest BCUT2D eigenvalue weighted by Crippen LogP contribution is -2.38. The van der Waals surface area contributed by atoms with E-state index in [1.807, 2.05) is 0 Å². The minimum atomic E-state index is -2.99. The molecule has 2 unspecified atom stereocenters. The highest BCUT2D eigenvalue weighted by molar-refractivity contribution is 6.08. The van der Waals surface area contributed by atoms with Gasteiger partial charge in [-0.2, -0.15) is 0 Å². The van der Waals surface area contributed by atoms with E-state index in [9.17, 15) is 18.4 Å². The number of nitrogens with one attached hydrogen (secondary N) is 1. The van der Waals surface area contributed by atoms with Crippen molar-refractivity contribution in [2.24, 2.45) is 23.2 Å². The van der Waals surface area contributed by atoms with Gasteiger partial charge in [0.15, 0.2) is 6.61 Å². The Bertz CT molecular complexity index is 879. The lowest BCUT2D eigenvalue weighted by atomic mass is 9.99. The summed E-state index contributed by atoms with van der Waals surface area (Å²) in [6.45, 7) is -0.525. The maximum absolute atomic E-state index is 14.3. The number of aromatic nitrogens is 2. The number of halogens is 2. The minimum absolute atomic E-state index is 0.266. The van der Waals surface area contributed by atoms with E-state index < -0.39 is 35.6 Å². The van der Waals surface area contributed by atoms with Crippen LogP contribution in [0, 0.1) is 23.2 Å². The van der Waals surface area contributed by atoms with Crippen LogP contribution in [0.25, 0.3) is 11.0 Å². The van der Waals surface area contributed by atoms with Crippen molar-refractivity contribution in [2.45, 2.75) is 18.8 Å². The smallest absolute Gasteiger partial charge is 0.319 e. The van der Waals surface area contributed by atoms with Crippen LogP contribution in [0.5, 0.6) is 0 Å². The van der Waals surface area contributed by atoms with E-state index in [-0.39, 0.29) is 11.8 Å². The summed E-state index contributed by atoms with van der Waals surface area (Å²) in [5.74, 6) is -5.56. The Kier molecular flexibility index (Phi) is 2.46. The molecule has 0 spiro atoms. The van der Waals surface area contributed by atoms with Crippen LogP contribution in [0.3, 0.4) is 0 Å². The van der Waals surface area contributed by atoms with Crippen molar-refractivity contribution in [3.8, 4) is 0 Å². The molecule has 0 aromatic carbocycles. The second kappa shape index (κ2) is 4.20. The SMILES string of the molecule is O=C(COC(=O)C12C3CC(CC31)C2(F)F)c1c[nH]c2ncccc12. The zero-order valence-electron chi connectivity index (χ0n) is 12.6. The molecular formula is C17H14F2N2O3. The van der Waals surface area contributed by atoms with Gasteiger partial charge in [-0.15, -0.1) is 0 Å². The van der Waals surface area contributed by atoms with E-state index in [4.69, 9.17) is 4.74 Å². The summed E-state index contributed by atoms with van der Waals surface area (Å²) in [4.78, 5) is 31.6. The van der Waals surface area contributed by atoms with Gasteiger partial charge in [-0.1, -0.05) is 0 Å². The molecule has 6 rings (SSSR count). The van der Waals surface area contributed by atoms with Gasteiger partial charge in [-0.25, -0.2) is 13.8 Å². The normalized spacial score (nSPS) is 34.5. The molecule has 1 N–H and O–H groups in total. The van der Waals surface area contributed by atoms with Crippen molar-refractivity contribution in [1.29, 1.82) is 0 Å². The number of ketones is 1. The van der Waals surface area contributed by atoms with Crippen LogP contribution in [0.2, 0.25) is 0 Å². The van der Waals surface area contributed by atoms with E-state index in [0.717, 1.165) is 0 Å². The van der Waals surface area contributed by atoms with Crippen LogP contribution in [-0.2, 0) is 9.53 Å². The Labute approximate surface area is 135 Å². The number of carbonyl (C=O) groups excluding carboxylic acids is 2. The number of hydrogen-bond donors (Lipinski definition) is 1. The van der Waals surface area contributed by atoms with Crippen molar-refractivity contribution < 1.29 is 23.1 Å². The lowest BCUT2D eigenvalue weighted by molar-refractivity contribution is -0.166. The summed E-state index contributed by atoms with van der Waals surface area (Å²) in [6.07, 6.45) is 3.88. The Balaban J connectivity index is 1.34. The number of pyridine rings is 1. The van der Waals surface area contributed by atoms with E-state index in [2.05, 4.69) is 9.97 Å². The fourth-order valence-corrected chi connectivity index (χ4v) is 5.03. The molecule has 124 valence electrons. The number of rotatable bonds is 4. The third kappa shape index (κ3) is 1.42. The van der Waals surface area contributed by atoms with E-state index >= 15 is 0 Å². The number of esters is 1. The molecule has 0 saturated heterocycles. The Morgan fingerprint density at radius 3 is 2.75 bits per heavy atom. The predicted octanol–water partition coefficient (Wildman–Crippen LogP) is 2.58. The number of fused-ring (bicyclic) bond motifs is 1. The highest BCUT2D eigenvalue weighted by Gasteiger charge is 2.92. The first-order chi connectivity index (χ1) is 11.5. The maximum Gasteiger partial charge on any atom is 0.319 e. The minimum Gasteiger partial charge on any atom is -0.457 e. The van der Waals surface area contributed by atoms with Crippen molar-refractivity contribution in [2.75, 3.05) is 6.61 Å². The van der Waals surface area contributed by atoms with Gasteiger partial charge in [-0.05, 0) is 36.8 Å². The van der Waals surface area contributed by atoms with Crippen LogP contribution < -0.4 is 0 Å². The van der Waals surface area contributed by atoms with Crippen LogP contribution in [0.1, 0.15) is 23.2 Å². The van der Waals surface area contributed by atoms with Crippen molar-refractivity contribution in [3.63, 3.8) is 0 Å². The van der Waals surface area contributed by atoms with Gasteiger partial charge < -0.3 is 9.72 Å². The number of Topliss-reactive ketones (excluding diaryl/α,β-unsaturated/α-hetero) is 1. The molecule has 0 radical (unpaired) electrons. The Morgan fingerprint density at radius 1 is 1.33 bits per heavy atom. The molecule has 2 aromatic heterocycles. The van der Waals surface area contributed by atoms with Gasteiger partial charge in [0.2, 0.25) is 5.78 Å². The lowest BCUT2D eigenvalue weighted by Gasteiger charge is -2.21. The van der Waals surface area contributed by atoms with Gasteiger partial charge >= 0.3 is 5.97 Å². The summed E-state index contributed by atoms with van der Waals surface area (Å²) in [6, 6.07) is 3.42. The van der Waals surface area contributed by atoms with E-state index in [0.29, 0.717) is 29.4 Å². The number of ether oxygens (including phenoxy) is 1.